The Labute approximate surface area is 86.2 Å². The largest absolute Gasteiger partial charge is 0.459 e. The van der Waals surface area contributed by atoms with E-state index < -0.39 is 5.97 Å². The van der Waals surface area contributed by atoms with Gasteiger partial charge in [-0.05, 0) is 12.1 Å². The number of hydrogen-bond donors (Lipinski definition) is 0. The van der Waals surface area contributed by atoms with Crippen molar-refractivity contribution in [3.8, 4) is 6.07 Å². The molecular formula is C9H7ClN2O2. The predicted octanol–water partition coefficient (Wildman–Crippen LogP) is 2.77. The maximum Gasteiger partial charge on any atom is 0.459 e. The maximum absolute atomic E-state index is 10.5. The molecule has 0 atom stereocenters. The first-order valence-electron chi connectivity index (χ1n) is 3.72. The molecule has 0 aliphatic heterocycles. The second-order valence-electron chi connectivity index (χ2n) is 2.28. The fraction of sp³-hybridized carbons (Fsp3) is 0.111. The minimum atomic E-state index is -0.664. The molecule has 0 bridgehead atoms. The van der Waals surface area contributed by atoms with Crippen molar-refractivity contribution >= 4 is 23.3 Å². The molecule has 1 aromatic carbocycles. The first kappa shape index (κ1) is 10.4. The van der Waals surface area contributed by atoms with Crippen molar-refractivity contribution < 1.29 is 9.53 Å². The molecule has 0 N–H and O–H groups in total. The van der Waals surface area contributed by atoms with Gasteiger partial charge < -0.3 is 4.74 Å². The van der Waals surface area contributed by atoms with Gasteiger partial charge in [0.25, 0.3) is 0 Å². The number of carbonyl (C=O) groups is 1. The van der Waals surface area contributed by atoms with E-state index in [2.05, 4.69) is 21.2 Å². The van der Waals surface area contributed by atoms with E-state index in [9.17, 15) is 4.79 Å². The number of halogens is 1. The van der Waals surface area contributed by atoms with Crippen LogP contribution in [-0.2, 0) is 9.53 Å². The summed E-state index contributed by atoms with van der Waals surface area (Å²) in [5.41, 5.74) is 4.28. The third-order valence-electron chi connectivity index (χ3n) is 1.32. The molecule has 5 heteroatoms. The van der Waals surface area contributed by atoms with Crippen LogP contribution in [-0.4, -0.2) is 13.1 Å². The Hall–Kier alpha value is -1.73. The van der Waals surface area contributed by atoms with Crippen molar-refractivity contribution in [3.05, 3.63) is 39.7 Å². The molecule has 1 rings (SSSR count). The predicted molar refractivity (Wildman–Crippen MR) is 53.7 cm³/mol. The summed E-state index contributed by atoms with van der Waals surface area (Å²) in [6.07, 6.45) is 0. The summed E-state index contributed by atoms with van der Waals surface area (Å²) in [6, 6.07) is 8.75. The molecule has 0 saturated carbocycles. The Balaban J connectivity index is 2.56. The monoisotopic (exact) mass is 210 g/mol. The Bertz CT molecular complexity index is 378. The SMILES string of the molecule is COC(=O)C#[N+][N-]c1ccc(Cl)cc1. The third kappa shape index (κ3) is 3.33. The zero-order valence-electron chi connectivity index (χ0n) is 7.40. The molecule has 1 aromatic rings. The molecule has 0 amide bonds. The molecule has 0 unspecified atom stereocenters. The Morgan fingerprint density at radius 3 is 2.71 bits per heavy atom. The molecule has 14 heavy (non-hydrogen) atoms. The molecule has 72 valence electrons. The molecule has 0 spiro atoms. The van der Waals surface area contributed by atoms with Crippen molar-refractivity contribution in [1.29, 1.82) is 0 Å². The molecule has 4 nitrogen and oxygen atoms in total. The van der Waals surface area contributed by atoms with Gasteiger partial charge in [0.2, 0.25) is 0 Å². The van der Waals surface area contributed by atoms with Crippen molar-refractivity contribution in [1.82, 2.24) is 0 Å². The lowest BCUT2D eigenvalue weighted by Crippen LogP contribution is -1.93. The number of carbonyl (C=O) groups excluding carboxylic acids is 1. The van der Waals surface area contributed by atoms with E-state index in [1.165, 1.54) is 7.11 Å². The molecule has 0 aromatic heterocycles. The standard InChI is InChI=1S/C9H7ClN2O2/c1-14-9(13)6-11-12-8-4-2-7(10)3-5-8/h2-5H,1H3. The van der Waals surface area contributed by atoms with E-state index in [1.807, 2.05) is 0 Å². The van der Waals surface area contributed by atoms with Gasteiger partial charge in [0.05, 0.1) is 7.11 Å². The van der Waals surface area contributed by atoms with Crippen LogP contribution in [0.25, 0.3) is 10.4 Å². The zero-order valence-corrected chi connectivity index (χ0v) is 8.15. The fourth-order valence-electron chi connectivity index (χ4n) is 0.677. The quantitative estimate of drug-likeness (QED) is 0.406. The minimum absolute atomic E-state index is 0.589. The second-order valence-corrected chi connectivity index (χ2v) is 2.72. The molecule has 0 aliphatic rings. The highest BCUT2D eigenvalue weighted by Gasteiger charge is 1.98. The van der Waals surface area contributed by atoms with E-state index in [-0.39, 0.29) is 0 Å². The van der Waals surface area contributed by atoms with Gasteiger partial charge in [-0.3, -0.25) is 5.43 Å². The Morgan fingerprint density at radius 1 is 1.50 bits per heavy atom. The van der Waals surface area contributed by atoms with Crippen LogP contribution < -0.4 is 0 Å². The first-order chi connectivity index (χ1) is 6.72. The number of benzene rings is 1. The molecule has 0 aliphatic carbocycles. The molecule has 0 radical (unpaired) electrons. The molecular weight excluding hydrogens is 204 g/mol. The topological polar surface area (TPSA) is 44.8 Å². The smallest absolute Gasteiger partial charge is 0.455 e. The lowest BCUT2D eigenvalue weighted by molar-refractivity contribution is -0.133. The molecule has 0 fully saturated rings. The summed E-state index contributed by atoms with van der Waals surface area (Å²) in [6.45, 7) is 0. The second kappa shape index (κ2) is 5.10. The van der Waals surface area contributed by atoms with Crippen LogP contribution >= 0.6 is 11.6 Å². The van der Waals surface area contributed by atoms with Gasteiger partial charge in [0, 0.05) is 5.02 Å². The van der Waals surface area contributed by atoms with Crippen molar-refractivity contribution in [2.24, 2.45) is 0 Å². The highest BCUT2D eigenvalue weighted by Crippen LogP contribution is 2.20. The van der Waals surface area contributed by atoms with E-state index in [0.29, 0.717) is 10.7 Å². The van der Waals surface area contributed by atoms with Crippen LogP contribution in [0.1, 0.15) is 0 Å². The van der Waals surface area contributed by atoms with Crippen molar-refractivity contribution in [3.63, 3.8) is 0 Å². The number of methoxy groups -OCH3 is 1. The number of nitrogens with zero attached hydrogens (tertiary/aromatic N) is 2. The van der Waals surface area contributed by atoms with Crippen LogP contribution in [0.3, 0.4) is 0 Å². The fourth-order valence-corrected chi connectivity index (χ4v) is 0.803. The average Bonchev–Trinajstić information content (AvgIpc) is 2.21. The summed E-state index contributed by atoms with van der Waals surface area (Å²) in [7, 11) is 1.24. The number of rotatable bonds is 1. The van der Waals surface area contributed by atoms with Gasteiger partial charge in [-0.25, -0.2) is 4.79 Å². The van der Waals surface area contributed by atoms with Crippen LogP contribution in [0.2, 0.25) is 5.02 Å². The van der Waals surface area contributed by atoms with Crippen LogP contribution in [0, 0.1) is 6.07 Å². The maximum atomic E-state index is 10.5. The molecule has 0 saturated heterocycles. The Morgan fingerprint density at radius 2 is 2.14 bits per heavy atom. The van der Waals surface area contributed by atoms with E-state index >= 15 is 0 Å². The van der Waals surface area contributed by atoms with Gasteiger partial charge in [-0.1, -0.05) is 34.4 Å². The van der Waals surface area contributed by atoms with Gasteiger partial charge in [-0.2, -0.15) is 0 Å². The van der Waals surface area contributed by atoms with Crippen LogP contribution in [0.5, 0.6) is 0 Å². The van der Waals surface area contributed by atoms with Crippen LogP contribution in [0.4, 0.5) is 5.69 Å². The lowest BCUT2D eigenvalue weighted by atomic mass is 10.3. The zero-order chi connectivity index (χ0) is 10.4. The number of esters is 1. The Kier molecular flexibility index (Phi) is 3.77. The van der Waals surface area contributed by atoms with E-state index in [0.717, 1.165) is 0 Å². The number of ether oxygens (including phenoxy) is 1. The lowest BCUT2D eigenvalue weighted by Gasteiger charge is -1.99. The molecule has 0 heterocycles. The van der Waals surface area contributed by atoms with E-state index in [4.69, 9.17) is 11.6 Å². The summed E-state index contributed by atoms with van der Waals surface area (Å²) < 4.78 is 4.28. The summed E-state index contributed by atoms with van der Waals surface area (Å²) in [5, 5.41) is 0.616. The number of hydrogen-bond acceptors (Lipinski definition) is 2. The highest BCUT2D eigenvalue weighted by molar-refractivity contribution is 6.30. The summed E-state index contributed by atoms with van der Waals surface area (Å²) in [5.74, 6) is -0.664. The average molecular weight is 211 g/mol. The van der Waals surface area contributed by atoms with Gasteiger partial charge in [-0.15, -0.1) is 0 Å². The van der Waals surface area contributed by atoms with Crippen LogP contribution in [0.15, 0.2) is 24.3 Å². The van der Waals surface area contributed by atoms with Gasteiger partial charge in [0.15, 0.2) is 0 Å². The van der Waals surface area contributed by atoms with E-state index in [1.54, 1.807) is 24.3 Å². The van der Waals surface area contributed by atoms with Crippen molar-refractivity contribution in [2.45, 2.75) is 0 Å². The first-order valence-corrected chi connectivity index (χ1v) is 4.10. The third-order valence-corrected chi connectivity index (χ3v) is 1.57. The summed E-state index contributed by atoms with van der Waals surface area (Å²) >= 11 is 5.66. The van der Waals surface area contributed by atoms with Gasteiger partial charge >= 0.3 is 12.0 Å². The highest BCUT2D eigenvalue weighted by atomic mass is 35.5. The normalized spacial score (nSPS) is 8.43. The van der Waals surface area contributed by atoms with Gasteiger partial charge in [0.1, 0.15) is 0 Å². The van der Waals surface area contributed by atoms with Crippen molar-refractivity contribution in [2.75, 3.05) is 7.11 Å². The minimum Gasteiger partial charge on any atom is -0.455 e. The summed E-state index contributed by atoms with van der Waals surface area (Å²) in [4.78, 5) is 13.9.